The van der Waals surface area contributed by atoms with Crippen LogP contribution in [0.3, 0.4) is 0 Å². The largest absolute Gasteiger partial charge is 0.497 e. The van der Waals surface area contributed by atoms with Gasteiger partial charge in [-0.2, -0.15) is 0 Å². The summed E-state index contributed by atoms with van der Waals surface area (Å²) in [5, 5.41) is 0. The molecule has 0 aliphatic carbocycles. The average molecular weight is 360 g/mol. The Balaban J connectivity index is 2.14. The van der Waals surface area contributed by atoms with Crippen LogP contribution in [-0.4, -0.2) is 12.9 Å². The first-order valence-electron chi connectivity index (χ1n) is 7.54. The first kappa shape index (κ1) is 17.7. The highest BCUT2D eigenvalue weighted by atomic mass is 19.1. The molecule has 0 atom stereocenters. The highest BCUT2D eigenvalue weighted by Crippen LogP contribution is 2.30. The van der Waals surface area contributed by atoms with Gasteiger partial charge >= 0.3 is 0 Å². The van der Waals surface area contributed by atoms with Crippen molar-refractivity contribution in [3.05, 3.63) is 89.0 Å². The van der Waals surface area contributed by atoms with Crippen LogP contribution in [-0.2, 0) is 0 Å². The lowest BCUT2D eigenvalue weighted by Crippen LogP contribution is -2.11. The number of rotatable bonds is 4. The molecule has 0 bridgehead atoms. The number of hydrogen-bond acceptors (Lipinski definition) is 2. The lowest BCUT2D eigenvalue weighted by atomic mass is 9.96. The molecule has 0 amide bonds. The minimum Gasteiger partial charge on any atom is -0.497 e. The number of carbonyl (C=O) groups excluding carboxylic acids is 1. The number of hydrogen-bond donors (Lipinski definition) is 0. The zero-order chi connectivity index (χ0) is 18.8. The standard InChI is InChI=1S/C20H12F4O2/c1-26-13-4-2-3-11(9-13)14-7-8-16(22)18(19(14)24)20(25)15-6-5-12(21)10-17(15)23/h2-10H,1H3. The van der Waals surface area contributed by atoms with Gasteiger partial charge in [0.1, 0.15) is 29.0 Å². The van der Waals surface area contributed by atoms with Crippen molar-refractivity contribution in [1.29, 1.82) is 0 Å². The SMILES string of the molecule is COc1cccc(-c2ccc(F)c(C(=O)c3ccc(F)cc3F)c2F)c1. The van der Waals surface area contributed by atoms with E-state index < -0.39 is 40.2 Å². The number of carbonyl (C=O) groups is 1. The maximum Gasteiger partial charge on any atom is 0.201 e. The van der Waals surface area contributed by atoms with Crippen LogP contribution in [0.1, 0.15) is 15.9 Å². The molecule has 26 heavy (non-hydrogen) atoms. The van der Waals surface area contributed by atoms with Crippen LogP contribution in [0.15, 0.2) is 54.6 Å². The highest BCUT2D eigenvalue weighted by molar-refractivity contribution is 6.10. The van der Waals surface area contributed by atoms with Gasteiger partial charge in [-0.25, -0.2) is 17.6 Å². The fraction of sp³-hybridized carbons (Fsp3) is 0.0500. The molecule has 3 aromatic rings. The smallest absolute Gasteiger partial charge is 0.201 e. The molecule has 0 N–H and O–H groups in total. The van der Waals surface area contributed by atoms with Crippen molar-refractivity contribution in [1.82, 2.24) is 0 Å². The van der Waals surface area contributed by atoms with E-state index in [1.54, 1.807) is 18.2 Å². The maximum atomic E-state index is 14.9. The molecular formula is C20H12F4O2. The summed E-state index contributed by atoms with van der Waals surface area (Å²) in [6, 6.07) is 10.6. The quantitative estimate of drug-likeness (QED) is 0.475. The van der Waals surface area contributed by atoms with Crippen LogP contribution in [0, 0.1) is 23.3 Å². The van der Waals surface area contributed by atoms with Gasteiger partial charge in [0.15, 0.2) is 0 Å². The Morgan fingerprint density at radius 2 is 1.65 bits per heavy atom. The summed E-state index contributed by atoms with van der Waals surface area (Å²) in [6.07, 6.45) is 0. The third-order valence-electron chi connectivity index (χ3n) is 3.87. The Hall–Kier alpha value is -3.15. The van der Waals surface area contributed by atoms with Crippen molar-refractivity contribution >= 4 is 5.78 Å². The second-order valence-corrected chi connectivity index (χ2v) is 5.47. The van der Waals surface area contributed by atoms with Crippen molar-refractivity contribution in [3.8, 4) is 16.9 Å². The molecule has 0 unspecified atom stereocenters. The summed E-state index contributed by atoms with van der Waals surface area (Å²) in [7, 11) is 1.44. The van der Waals surface area contributed by atoms with Crippen LogP contribution in [0.2, 0.25) is 0 Å². The van der Waals surface area contributed by atoms with Gasteiger partial charge in [-0.05, 0) is 42.0 Å². The van der Waals surface area contributed by atoms with Gasteiger partial charge in [-0.15, -0.1) is 0 Å². The molecule has 0 radical (unpaired) electrons. The fourth-order valence-electron chi connectivity index (χ4n) is 2.58. The topological polar surface area (TPSA) is 26.3 Å². The third kappa shape index (κ3) is 3.18. The minimum atomic E-state index is -1.21. The van der Waals surface area contributed by atoms with E-state index in [1.165, 1.54) is 19.2 Å². The van der Waals surface area contributed by atoms with Gasteiger partial charge < -0.3 is 4.74 Å². The summed E-state index contributed by atoms with van der Waals surface area (Å²) >= 11 is 0. The summed E-state index contributed by atoms with van der Waals surface area (Å²) in [5.74, 6) is -5.12. The molecule has 0 spiro atoms. The number of halogens is 4. The first-order valence-corrected chi connectivity index (χ1v) is 7.54. The van der Waals surface area contributed by atoms with Gasteiger partial charge in [0, 0.05) is 11.6 Å². The van der Waals surface area contributed by atoms with Crippen LogP contribution in [0.4, 0.5) is 17.6 Å². The Morgan fingerprint density at radius 3 is 2.35 bits per heavy atom. The molecule has 0 aromatic heterocycles. The van der Waals surface area contributed by atoms with Crippen molar-refractivity contribution in [2.75, 3.05) is 7.11 Å². The molecule has 3 rings (SSSR count). The Bertz CT molecular complexity index is 999. The predicted octanol–water partition coefficient (Wildman–Crippen LogP) is 5.15. The van der Waals surface area contributed by atoms with Crippen molar-refractivity contribution in [2.45, 2.75) is 0 Å². The van der Waals surface area contributed by atoms with Crippen molar-refractivity contribution < 1.29 is 27.1 Å². The number of methoxy groups -OCH3 is 1. The number of benzene rings is 3. The van der Waals surface area contributed by atoms with E-state index in [4.69, 9.17) is 4.74 Å². The minimum absolute atomic E-state index is 0.0452. The van der Waals surface area contributed by atoms with E-state index in [0.29, 0.717) is 17.4 Å². The van der Waals surface area contributed by atoms with E-state index in [0.717, 1.165) is 18.2 Å². The molecule has 0 fully saturated rings. The lowest BCUT2D eigenvalue weighted by molar-refractivity contribution is 0.102. The van der Waals surface area contributed by atoms with E-state index in [-0.39, 0.29) is 5.56 Å². The molecule has 0 aliphatic heterocycles. The maximum absolute atomic E-state index is 14.9. The zero-order valence-electron chi connectivity index (χ0n) is 13.5. The average Bonchev–Trinajstić information content (AvgIpc) is 2.61. The van der Waals surface area contributed by atoms with Crippen LogP contribution >= 0.6 is 0 Å². The lowest BCUT2D eigenvalue weighted by Gasteiger charge is -2.11. The van der Waals surface area contributed by atoms with E-state index in [2.05, 4.69) is 0 Å². The van der Waals surface area contributed by atoms with Gasteiger partial charge in [0.05, 0.1) is 18.2 Å². The Morgan fingerprint density at radius 1 is 0.885 bits per heavy atom. The molecule has 0 saturated heterocycles. The monoisotopic (exact) mass is 360 g/mol. The molecular weight excluding hydrogens is 348 g/mol. The van der Waals surface area contributed by atoms with Crippen LogP contribution in [0.25, 0.3) is 11.1 Å². The van der Waals surface area contributed by atoms with Gasteiger partial charge in [-0.3, -0.25) is 4.79 Å². The Kier molecular flexibility index (Phi) is 4.75. The molecule has 2 nitrogen and oxygen atoms in total. The summed E-state index contributed by atoms with van der Waals surface area (Å²) in [6.45, 7) is 0. The molecule has 0 heterocycles. The van der Waals surface area contributed by atoms with Crippen LogP contribution in [0.5, 0.6) is 5.75 Å². The molecule has 0 saturated carbocycles. The zero-order valence-corrected chi connectivity index (χ0v) is 13.5. The molecule has 0 aliphatic rings. The first-order chi connectivity index (χ1) is 12.4. The third-order valence-corrected chi connectivity index (χ3v) is 3.87. The van der Waals surface area contributed by atoms with Crippen LogP contribution < -0.4 is 4.74 Å². The van der Waals surface area contributed by atoms with E-state index in [9.17, 15) is 22.4 Å². The Labute approximate surface area is 146 Å². The van der Waals surface area contributed by atoms with Gasteiger partial charge in [0.2, 0.25) is 5.78 Å². The van der Waals surface area contributed by atoms with Crippen molar-refractivity contribution in [2.24, 2.45) is 0 Å². The summed E-state index contributed by atoms with van der Waals surface area (Å²) in [4.78, 5) is 12.5. The van der Waals surface area contributed by atoms with Crippen molar-refractivity contribution in [3.63, 3.8) is 0 Å². The number of ketones is 1. The van der Waals surface area contributed by atoms with E-state index >= 15 is 0 Å². The second-order valence-electron chi connectivity index (χ2n) is 5.47. The summed E-state index contributed by atoms with van der Waals surface area (Å²) in [5.41, 5.74) is -1.21. The molecule has 132 valence electrons. The van der Waals surface area contributed by atoms with Gasteiger partial charge in [0.25, 0.3) is 0 Å². The summed E-state index contributed by atoms with van der Waals surface area (Å²) < 4.78 is 61.0. The van der Waals surface area contributed by atoms with E-state index in [1.807, 2.05) is 0 Å². The van der Waals surface area contributed by atoms with Gasteiger partial charge in [-0.1, -0.05) is 12.1 Å². The second kappa shape index (κ2) is 7.00. The highest BCUT2D eigenvalue weighted by Gasteiger charge is 2.24. The number of ether oxygens (including phenoxy) is 1. The molecule has 6 heteroatoms. The normalized spacial score (nSPS) is 10.7. The fourth-order valence-corrected chi connectivity index (χ4v) is 2.58. The molecule has 3 aromatic carbocycles. The predicted molar refractivity (Wildman–Crippen MR) is 88.1 cm³/mol.